The summed E-state index contributed by atoms with van der Waals surface area (Å²) in [7, 11) is 1.88. The molecule has 0 aliphatic heterocycles. The molecular weight excluding hydrogens is 262 g/mol. The fraction of sp³-hybridized carbons (Fsp3) is 0.786. The second-order valence-corrected chi connectivity index (χ2v) is 5.74. The van der Waals surface area contributed by atoms with Gasteiger partial charge in [-0.3, -0.25) is 4.68 Å². The summed E-state index contributed by atoms with van der Waals surface area (Å²) in [4.78, 5) is 0. The number of aliphatic hydroxyl groups is 1. The Labute approximate surface area is 121 Å². The maximum Gasteiger partial charge on any atom is 0.0850 e. The van der Waals surface area contributed by atoms with Crippen molar-refractivity contribution in [2.45, 2.75) is 52.1 Å². The van der Waals surface area contributed by atoms with Gasteiger partial charge in [0.25, 0.3) is 0 Å². The van der Waals surface area contributed by atoms with Crippen molar-refractivity contribution in [3.05, 3.63) is 16.4 Å². The minimum atomic E-state index is -0.761. The highest BCUT2D eigenvalue weighted by atomic mass is 35.5. The number of nitrogens with zero attached hydrogens (tertiary/aromatic N) is 2. The number of aryl methyl sites for hydroxylation is 2. The van der Waals surface area contributed by atoms with Crippen molar-refractivity contribution < 1.29 is 5.11 Å². The van der Waals surface area contributed by atoms with E-state index in [0.717, 1.165) is 37.3 Å². The third-order valence-electron chi connectivity index (χ3n) is 3.32. The van der Waals surface area contributed by atoms with Crippen molar-refractivity contribution in [2.24, 2.45) is 7.05 Å². The Bertz CT molecular complexity index is 402. The van der Waals surface area contributed by atoms with Crippen LogP contribution in [0.15, 0.2) is 0 Å². The van der Waals surface area contributed by atoms with Gasteiger partial charge in [0.05, 0.1) is 22.0 Å². The molecule has 1 aromatic heterocycles. The van der Waals surface area contributed by atoms with Crippen molar-refractivity contribution in [3.8, 4) is 0 Å². The first-order valence-corrected chi connectivity index (χ1v) is 7.42. The van der Waals surface area contributed by atoms with Gasteiger partial charge in [-0.2, -0.15) is 5.10 Å². The molecule has 0 spiro atoms. The molecule has 5 heteroatoms. The number of hydrogen-bond acceptors (Lipinski definition) is 3. The monoisotopic (exact) mass is 287 g/mol. The fourth-order valence-electron chi connectivity index (χ4n) is 2.12. The van der Waals surface area contributed by atoms with Crippen LogP contribution < -0.4 is 5.32 Å². The smallest absolute Gasteiger partial charge is 0.0850 e. The number of nitrogens with one attached hydrogen (secondary N) is 1. The number of aromatic nitrogens is 2. The Kier molecular flexibility index (Phi) is 6.30. The van der Waals surface area contributed by atoms with Gasteiger partial charge >= 0.3 is 0 Å². The molecule has 0 saturated heterocycles. The summed E-state index contributed by atoms with van der Waals surface area (Å²) in [6, 6.07) is 0. The van der Waals surface area contributed by atoms with E-state index >= 15 is 0 Å². The van der Waals surface area contributed by atoms with E-state index in [1.165, 1.54) is 0 Å². The topological polar surface area (TPSA) is 50.1 Å². The molecule has 0 amide bonds. The van der Waals surface area contributed by atoms with Crippen LogP contribution in [0.1, 0.15) is 45.0 Å². The number of hydrogen-bond donors (Lipinski definition) is 2. The molecular formula is C14H26ClN3O. The van der Waals surface area contributed by atoms with Gasteiger partial charge in [-0.25, -0.2) is 0 Å². The van der Waals surface area contributed by atoms with Gasteiger partial charge < -0.3 is 10.4 Å². The lowest BCUT2D eigenvalue weighted by molar-refractivity contribution is 0.0497. The predicted octanol–water partition coefficient (Wildman–Crippen LogP) is 2.32. The van der Waals surface area contributed by atoms with Crippen molar-refractivity contribution >= 4 is 11.6 Å². The summed E-state index contributed by atoms with van der Waals surface area (Å²) < 4.78 is 1.79. The summed E-state index contributed by atoms with van der Waals surface area (Å²) in [6.07, 6.45) is 3.15. The highest BCUT2D eigenvalue weighted by Gasteiger charge is 2.25. The first-order valence-electron chi connectivity index (χ1n) is 7.04. The van der Waals surface area contributed by atoms with Crippen LogP contribution in [0, 0.1) is 0 Å². The normalized spacial score (nSPS) is 14.6. The average molecular weight is 288 g/mol. The zero-order valence-corrected chi connectivity index (χ0v) is 13.2. The molecule has 0 aliphatic rings. The van der Waals surface area contributed by atoms with Gasteiger partial charge in [-0.05, 0) is 39.3 Å². The Morgan fingerprint density at radius 2 is 2.05 bits per heavy atom. The summed E-state index contributed by atoms with van der Waals surface area (Å²) in [6.45, 7) is 7.83. The third kappa shape index (κ3) is 4.79. The van der Waals surface area contributed by atoms with Crippen molar-refractivity contribution in [3.63, 3.8) is 0 Å². The summed E-state index contributed by atoms with van der Waals surface area (Å²) in [5.41, 5.74) is 1.06. The van der Waals surface area contributed by atoms with Crippen molar-refractivity contribution in [2.75, 3.05) is 13.1 Å². The average Bonchev–Trinajstić information content (AvgIpc) is 2.62. The molecule has 1 unspecified atom stereocenters. The van der Waals surface area contributed by atoms with Gasteiger partial charge in [-0.1, -0.05) is 25.4 Å². The van der Waals surface area contributed by atoms with E-state index in [4.69, 9.17) is 11.6 Å². The molecule has 1 heterocycles. The maximum atomic E-state index is 10.5. The fourth-order valence-corrected chi connectivity index (χ4v) is 2.48. The Hall–Kier alpha value is -0.580. The van der Waals surface area contributed by atoms with Gasteiger partial charge in [-0.15, -0.1) is 0 Å². The van der Waals surface area contributed by atoms with Crippen LogP contribution >= 0.6 is 11.6 Å². The molecule has 1 aromatic rings. The van der Waals surface area contributed by atoms with Crippen LogP contribution in [0.5, 0.6) is 0 Å². The van der Waals surface area contributed by atoms with Crippen LogP contribution in [-0.4, -0.2) is 33.6 Å². The van der Waals surface area contributed by atoms with E-state index in [-0.39, 0.29) is 0 Å². The first kappa shape index (κ1) is 16.5. The van der Waals surface area contributed by atoms with Gasteiger partial charge in [0.2, 0.25) is 0 Å². The Morgan fingerprint density at radius 3 is 2.58 bits per heavy atom. The Morgan fingerprint density at radius 1 is 1.37 bits per heavy atom. The van der Waals surface area contributed by atoms with E-state index in [1.807, 2.05) is 20.9 Å². The molecule has 4 nitrogen and oxygen atoms in total. The lowest BCUT2D eigenvalue weighted by Crippen LogP contribution is -2.33. The molecule has 19 heavy (non-hydrogen) atoms. The van der Waals surface area contributed by atoms with Crippen LogP contribution in [-0.2, 0) is 19.9 Å². The van der Waals surface area contributed by atoms with Crippen LogP contribution in [0.3, 0.4) is 0 Å². The standard InChI is InChI=1S/C14H26ClN3O/c1-5-8-16-9-7-14(3,19)10-12-13(15)11(6-2)17-18(12)4/h16,19H,5-10H2,1-4H3. The zero-order chi connectivity index (χ0) is 14.5. The van der Waals surface area contributed by atoms with Crippen molar-refractivity contribution in [1.29, 1.82) is 0 Å². The molecule has 1 rings (SSSR count). The third-order valence-corrected chi connectivity index (χ3v) is 3.75. The summed E-state index contributed by atoms with van der Waals surface area (Å²) in [5.74, 6) is 0. The molecule has 0 bridgehead atoms. The quantitative estimate of drug-likeness (QED) is 0.722. The molecule has 2 N–H and O–H groups in total. The zero-order valence-electron chi connectivity index (χ0n) is 12.5. The Balaban J connectivity index is 2.64. The van der Waals surface area contributed by atoms with E-state index in [2.05, 4.69) is 17.3 Å². The summed E-state index contributed by atoms with van der Waals surface area (Å²) in [5, 5.41) is 18.8. The van der Waals surface area contributed by atoms with Crippen LogP contribution in [0.4, 0.5) is 0 Å². The molecule has 0 saturated carbocycles. The minimum Gasteiger partial charge on any atom is -0.390 e. The minimum absolute atomic E-state index is 0.531. The highest BCUT2D eigenvalue weighted by molar-refractivity contribution is 6.31. The lowest BCUT2D eigenvalue weighted by atomic mass is 9.95. The molecule has 110 valence electrons. The molecule has 1 atom stereocenters. The largest absolute Gasteiger partial charge is 0.390 e. The van der Waals surface area contributed by atoms with E-state index in [1.54, 1.807) is 4.68 Å². The molecule has 0 fully saturated rings. The number of halogens is 1. The molecule has 0 aromatic carbocycles. The maximum absolute atomic E-state index is 10.5. The van der Waals surface area contributed by atoms with Crippen molar-refractivity contribution in [1.82, 2.24) is 15.1 Å². The molecule has 0 aliphatic carbocycles. The van der Waals surface area contributed by atoms with E-state index in [0.29, 0.717) is 17.9 Å². The van der Waals surface area contributed by atoms with Crippen LogP contribution in [0.25, 0.3) is 0 Å². The SMILES string of the molecule is CCCNCCC(C)(O)Cc1c(Cl)c(CC)nn1C. The van der Waals surface area contributed by atoms with E-state index < -0.39 is 5.60 Å². The predicted molar refractivity (Wildman–Crippen MR) is 79.7 cm³/mol. The second kappa shape index (κ2) is 7.27. The first-order chi connectivity index (χ1) is 8.91. The number of rotatable bonds is 8. The lowest BCUT2D eigenvalue weighted by Gasteiger charge is -2.23. The molecule has 0 radical (unpaired) electrons. The highest BCUT2D eigenvalue weighted by Crippen LogP contribution is 2.26. The second-order valence-electron chi connectivity index (χ2n) is 5.36. The van der Waals surface area contributed by atoms with Gasteiger partial charge in [0, 0.05) is 13.5 Å². The van der Waals surface area contributed by atoms with Crippen LogP contribution in [0.2, 0.25) is 5.02 Å². The van der Waals surface area contributed by atoms with Gasteiger partial charge in [0.1, 0.15) is 0 Å². The summed E-state index contributed by atoms with van der Waals surface area (Å²) >= 11 is 6.31. The van der Waals surface area contributed by atoms with Gasteiger partial charge in [0.15, 0.2) is 0 Å². The van der Waals surface area contributed by atoms with E-state index in [9.17, 15) is 5.11 Å².